The Hall–Kier alpha value is -1.18. The Bertz CT molecular complexity index is 629. The molecule has 0 aliphatic heterocycles. The molecule has 0 radical (unpaired) electrons. The highest BCUT2D eigenvalue weighted by molar-refractivity contribution is 14.1. The van der Waals surface area contributed by atoms with Gasteiger partial charge in [0.15, 0.2) is 5.82 Å². The third-order valence-corrected chi connectivity index (χ3v) is 4.51. The number of nitrogens with zero attached hydrogens (tertiary/aromatic N) is 3. The van der Waals surface area contributed by atoms with Crippen LogP contribution in [0.15, 0.2) is 4.52 Å². The average Bonchev–Trinajstić information content (AvgIpc) is 3.19. The summed E-state index contributed by atoms with van der Waals surface area (Å²) >= 11 is 2.34. The van der Waals surface area contributed by atoms with E-state index in [4.69, 9.17) is 9.51 Å². The summed E-state index contributed by atoms with van der Waals surface area (Å²) in [5.41, 5.74) is 2.92. The van der Waals surface area contributed by atoms with E-state index in [0.29, 0.717) is 5.92 Å². The second kappa shape index (κ2) is 5.31. The van der Waals surface area contributed by atoms with Crippen LogP contribution in [0.3, 0.4) is 0 Å². The zero-order valence-corrected chi connectivity index (χ0v) is 14.0. The molecule has 1 fully saturated rings. The molecule has 0 aromatic carbocycles. The summed E-state index contributed by atoms with van der Waals surface area (Å²) in [6.07, 6.45) is 2.44. The van der Waals surface area contributed by atoms with E-state index < -0.39 is 0 Å². The van der Waals surface area contributed by atoms with Crippen LogP contribution in [0.1, 0.15) is 42.8 Å². The molecular formula is C14H17IN4O. The van der Waals surface area contributed by atoms with Crippen LogP contribution < -0.4 is 5.32 Å². The smallest absolute Gasteiger partial charge is 0.167 e. The summed E-state index contributed by atoms with van der Waals surface area (Å²) < 4.78 is 6.38. The second-order valence-electron chi connectivity index (χ2n) is 5.10. The minimum absolute atomic E-state index is 0.585. The summed E-state index contributed by atoms with van der Waals surface area (Å²) in [6, 6.07) is 0. The predicted octanol–water partition coefficient (Wildman–Crippen LogP) is 3.66. The van der Waals surface area contributed by atoms with Crippen LogP contribution in [0, 0.1) is 17.4 Å². The highest BCUT2D eigenvalue weighted by atomic mass is 127. The van der Waals surface area contributed by atoms with Gasteiger partial charge in [-0.15, -0.1) is 0 Å². The van der Waals surface area contributed by atoms with E-state index in [9.17, 15) is 0 Å². The first-order chi connectivity index (χ1) is 9.61. The molecule has 2 aromatic rings. The summed E-state index contributed by atoms with van der Waals surface area (Å²) in [7, 11) is 0. The topological polar surface area (TPSA) is 63.8 Å². The standard InChI is InChI=1S/C14H17IN4O/c1-4-16-14-11(15)12(9-5-6-9)17-13(18-14)10-7(2)19-20-8(10)3/h9H,4-6H2,1-3H3,(H,16,17,18). The molecule has 20 heavy (non-hydrogen) atoms. The molecule has 0 spiro atoms. The molecule has 0 unspecified atom stereocenters. The van der Waals surface area contributed by atoms with Gasteiger partial charge < -0.3 is 9.84 Å². The van der Waals surface area contributed by atoms with Crippen LogP contribution in [0.2, 0.25) is 0 Å². The van der Waals surface area contributed by atoms with Crippen LogP contribution >= 0.6 is 22.6 Å². The zero-order chi connectivity index (χ0) is 14.3. The summed E-state index contributed by atoms with van der Waals surface area (Å²) in [5, 5.41) is 7.33. The molecule has 1 aliphatic carbocycles. The van der Waals surface area contributed by atoms with Crippen molar-refractivity contribution in [2.45, 2.75) is 39.5 Å². The number of aromatic nitrogens is 3. The molecule has 0 atom stereocenters. The van der Waals surface area contributed by atoms with Gasteiger partial charge in [-0.1, -0.05) is 5.16 Å². The Labute approximate surface area is 131 Å². The van der Waals surface area contributed by atoms with E-state index in [-0.39, 0.29) is 0 Å². The monoisotopic (exact) mass is 384 g/mol. The molecule has 5 nitrogen and oxygen atoms in total. The van der Waals surface area contributed by atoms with Crippen molar-refractivity contribution in [2.75, 3.05) is 11.9 Å². The summed E-state index contributed by atoms with van der Waals surface area (Å²) in [4.78, 5) is 9.45. The van der Waals surface area contributed by atoms with Gasteiger partial charge in [0, 0.05) is 12.5 Å². The van der Waals surface area contributed by atoms with E-state index in [1.165, 1.54) is 12.8 Å². The Kier molecular flexibility index (Phi) is 3.66. The predicted molar refractivity (Wildman–Crippen MR) is 85.9 cm³/mol. The maximum atomic E-state index is 5.24. The lowest BCUT2D eigenvalue weighted by Crippen LogP contribution is -2.08. The van der Waals surface area contributed by atoms with Crippen LogP contribution in [0.5, 0.6) is 0 Å². The minimum Gasteiger partial charge on any atom is -0.369 e. The lowest BCUT2D eigenvalue weighted by molar-refractivity contribution is 0.393. The molecule has 0 saturated heterocycles. The first kappa shape index (κ1) is 13.8. The lowest BCUT2D eigenvalue weighted by Gasteiger charge is -2.11. The van der Waals surface area contributed by atoms with E-state index in [2.05, 4.69) is 45.0 Å². The van der Waals surface area contributed by atoms with Crippen molar-refractivity contribution < 1.29 is 4.52 Å². The van der Waals surface area contributed by atoms with Crippen molar-refractivity contribution in [3.05, 3.63) is 20.7 Å². The minimum atomic E-state index is 0.585. The third kappa shape index (κ3) is 2.41. The van der Waals surface area contributed by atoms with Crippen molar-refractivity contribution >= 4 is 28.4 Å². The van der Waals surface area contributed by atoms with Crippen molar-refractivity contribution in [1.29, 1.82) is 0 Å². The first-order valence-corrected chi connectivity index (χ1v) is 7.94. The average molecular weight is 384 g/mol. The van der Waals surface area contributed by atoms with E-state index in [1.54, 1.807) is 0 Å². The van der Waals surface area contributed by atoms with Gasteiger partial charge in [-0.05, 0) is 56.2 Å². The molecule has 6 heteroatoms. The largest absolute Gasteiger partial charge is 0.369 e. The Morgan fingerprint density at radius 2 is 2.05 bits per heavy atom. The molecule has 0 amide bonds. The van der Waals surface area contributed by atoms with Crippen molar-refractivity contribution in [3.63, 3.8) is 0 Å². The summed E-state index contributed by atoms with van der Waals surface area (Å²) in [5.74, 6) is 2.99. The van der Waals surface area contributed by atoms with Gasteiger partial charge in [-0.3, -0.25) is 0 Å². The van der Waals surface area contributed by atoms with Crippen LogP contribution in [-0.2, 0) is 0 Å². The molecular weight excluding hydrogens is 367 g/mol. The van der Waals surface area contributed by atoms with Gasteiger partial charge in [0.05, 0.1) is 20.5 Å². The molecule has 1 aliphatic rings. The molecule has 2 heterocycles. The van der Waals surface area contributed by atoms with Gasteiger partial charge in [0.2, 0.25) is 0 Å². The highest BCUT2D eigenvalue weighted by Gasteiger charge is 2.30. The molecule has 2 aromatic heterocycles. The van der Waals surface area contributed by atoms with Crippen LogP contribution in [0.4, 0.5) is 5.82 Å². The van der Waals surface area contributed by atoms with Gasteiger partial charge >= 0.3 is 0 Å². The number of anilines is 1. The third-order valence-electron chi connectivity index (χ3n) is 3.44. The number of halogens is 1. The van der Waals surface area contributed by atoms with Crippen molar-refractivity contribution in [3.8, 4) is 11.4 Å². The number of rotatable bonds is 4. The van der Waals surface area contributed by atoms with Gasteiger partial charge in [0.1, 0.15) is 11.6 Å². The van der Waals surface area contributed by atoms with Gasteiger partial charge in [-0.2, -0.15) is 0 Å². The number of aryl methyl sites for hydroxylation is 2. The van der Waals surface area contributed by atoms with Gasteiger partial charge in [0.25, 0.3) is 0 Å². The van der Waals surface area contributed by atoms with E-state index >= 15 is 0 Å². The fourth-order valence-corrected chi connectivity index (χ4v) is 3.16. The SMILES string of the molecule is CCNc1nc(-c2c(C)noc2C)nc(C2CC2)c1I. The number of hydrogen-bond acceptors (Lipinski definition) is 5. The quantitative estimate of drug-likeness (QED) is 0.816. The number of hydrogen-bond donors (Lipinski definition) is 1. The lowest BCUT2D eigenvalue weighted by atomic mass is 10.1. The Balaban J connectivity index is 2.15. The maximum Gasteiger partial charge on any atom is 0.167 e. The molecule has 1 N–H and O–H groups in total. The van der Waals surface area contributed by atoms with Crippen LogP contribution in [-0.4, -0.2) is 21.7 Å². The fraction of sp³-hybridized carbons (Fsp3) is 0.500. The highest BCUT2D eigenvalue weighted by Crippen LogP contribution is 2.43. The molecule has 106 valence electrons. The summed E-state index contributed by atoms with van der Waals surface area (Å²) in [6.45, 7) is 6.75. The van der Waals surface area contributed by atoms with Crippen LogP contribution in [0.25, 0.3) is 11.4 Å². The van der Waals surface area contributed by atoms with E-state index in [0.717, 1.165) is 44.5 Å². The normalized spacial score (nSPS) is 14.6. The number of nitrogens with one attached hydrogen (secondary N) is 1. The Morgan fingerprint density at radius 3 is 2.60 bits per heavy atom. The molecule has 1 saturated carbocycles. The zero-order valence-electron chi connectivity index (χ0n) is 11.8. The molecule has 0 bridgehead atoms. The Morgan fingerprint density at radius 1 is 1.30 bits per heavy atom. The maximum absolute atomic E-state index is 5.24. The van der Waals surface area contributed by atoms with Gasteiger partial charge in [-0.25, -0.2) is 9.97 Å². The second-order valence-corrected chi connectivity index (χ2v) is 6.18. The first-order valence-electron chi connectivity index (χ1n) is 6.86. The van der Waals surface area contributed by atoms with Crippen molar-refractivity contribution in [1.82, 2.24) is 15.1 Å². The van der Waals surface area contributed by atoms with Crippen molar-refractivity contribution in [2.24, 2.45) is 0 Å². The fourth-order valence-electron chi connectivity index (χ4n) is 2.29. The molecule has 3 rings (SSSR count). The van der Waals surface area contributed by atoms with E-state index in [1.807, 2.05) is 13.8 Å².